The van der Waals surface area contributed by atoms with Crippen LogP contribution in [-0.4, -0.2) is 38.0 Å². The van der Waals surface area contributed by atoms with E-state index in [-0.39, 0.29) is 9.77 Å². The lowest BCUT2D eigenvalue weighted by molar-refractivity contribution is 0.0702. The highest BCUT2D eigenvalue weighted by atomic mass is 79.9. The van der Waals surface area contributed by atoms with Crippen molar-refractivity contribution in [1.29, 1.82) is 0 Å². The van der Waals surface area contributed by atoms with Crippen LogP contribution in [0, 0.1) is 0 Å². The van der Waals surface area contributed by atoms with Gasteiger partial charge in [-0.2, -0.15) is 11.8 Å². The fourth-order valence-electron chi connectivity index (χ4n) is 0.997. The summed E-state index contributed by atoms with van der Waals surface area (Å²) in [4.78, 5) is 10.7. The molecule has 1 rings (SSSR count). The molecule has 0 unspecified atom stereocenters. The Morgan fingerprint density at radius 3 is 2.76 bits per heavy atom. The van der Waals surface area contributed by atoms with Gasteiger partial charge >= 0.3 is 5.97 Å². The second kappa shape index (κ2) is 6.19. The molecule has 0 fully saturated rings. The predicted molar refractivity (Wildman–Crippen MR) is 72.5 cm³/mol. The first kappa shape index (κ1) is 15.0. The van der Waals surface area contributed by atoms with Crippen LogP contribution >= 0.6 is 39.0 Å². The fourth-order valence-corrected chi connectivity index (χ4v) is 4.86. The topological polar surface area (TPSA) is 83.5 Å². The summed E-state index contributed by atoms with van der Waals surface area (Å²) in [6.07, 6.45) is 1.87. The Bertz CT molecular complexity index is 511. The van der Waals surface area contributed by atoms with Gasteiger partial charge in [0.05, 0.1) is 3.79 Å². The van der Waals surface area contributed by atoms with E-state index in [0.717, 1.165) is 17.4 Å². The van der Waals surface area contributed by atoms with Crippen LogP contribution in [-0.2, 0) is 10.0 Å². The number of rotatable bonds is 6. The minimum atomic E-state index is -3.64. The highest BCUT2D eigenvalue weighted by molar-refractivity contribution is 9.11. The Kier molecular flexibility index (Phi) is 5.45. The molecule has 0 aliphatic carbocycles. The van der Waals surface area contributed by atoms with Gasteiger partial charge in [-0.05, 0) is 28.3 Å². The third-order valence-electron chi connectivity index (χ3n) is 1.75. The van der Waals surface area contributed by atoms with Crippen LogP contribution in [0.25, 0.3) is 0 Å². The molecular weight excluding hydrogens is 350 g/mol. The van der Waals surface area contributed by atoms with Crippen molar-refractivity contribution in [3.05, 3.63) is 14.7 Å². The Morgan fingerprint density at radius 1 is 1.65 bits per heavy atom. The van der Waals surface area contributed by atoms with Gasteiger partial charge in [0.15, 0.2) is 0 Å². The zero-order valence-corrected chi connectivity index (χ0v) is 12.8. The lowest BCUT2D eigenvalue weighted by atomic mass is 10.5. The standard InChI is InChI=1S/C8H10BrNO4S3/c1-15-3-2-10-17(13,14)6-4-5(8(11)12)16-7(6)9/h4,10H,2-3H2,1H3,(H,11,12). The Labute approximate surface area is 116 Å². The second-order valence-corrected chi connectivity index (χ2v) is 8.04. The maximum Gasteiger partial charge on any atom is 0.345 e. The van der Waals surface area contributed by atoms with E-state index < -0.39 is 16.0 Å². The summed E-state index contributed by atoms with van der Waals surface area (Å²) >= 11 is 5.46. The van der Waals surface area contributed by atoms with Gasteiger partial charge in [0, 0.05) is 12.3 Å². The average molecular weight is 360 g/mol. The van der Waals surface area contributed by atoms with Crippen LogP contribution in [0.5, 0.6) is 0 Å². The van der Waals surface area contributed by atoms with Gasteiger partial charge in [-0.25, -0.2) is 17.9 Å². The minimum Gasteiger partial charge on any atom is -0.477 e. The molecular formula is C8H10BrNO4S3. The van der Waals surface area contributed by atoms with E-state index in [1.807, 2.05) is 6.26 Å². The summed E-state index contributed by atoms with van der Waals surface area (Å²) < 4.78 is 26.4. The van der Waals surface area contributed by atoms with Gasteiger partial charge in [0.1, 0.15) is 9.77 Å². The molecule has 1 aromatic heterocycles. The number of halogens is 1. The molecule has 1 aromatic rings. The molecule has 0 bridgehead atoms. The molecule has 17 heavy (non-hydrogen) atoms. The summed E-state index contributed by atoms with van der Waals surface area (Å²) in [5, 5.41) is 8.77. The van der Waals surface area contributed by atoms with E-state index in [9.17, 15) is 13.2 Å². The van der Waals surface area contributed by atoms with Crippen molar-refractivity contribution in [1.82, 2.24) is 4.72 Å². The number of carboxylic acid groups (broad SMARTS) is 1. The number of thiophene rings is 1. The van der Waals surface area contributed by atoms with Crippen molar-refractivity contribution < 1.29 is 18.3 Å². The van der Waals surface area contributed by atoms with Crippen molar-refractivity contribution in [2.24, 2.45) is 0 Å². The molecule has 0 saturated carbocycles. The molecule has 0 radical (unpaired) electrons. The number of hydrogen-bond acceptors (Lipinski definition) is 5. The number of nitrogens with one attached hydrogen (secondary N) is 1. The number of hydrogen-bond donors (Lipinski definition) is 2. The molecule has 0 atom stereocenters. The third kappa shape index (κ3) is 3.95. The molecule has 9 heteroatoms. The summed E-state index contributed by atoms with van der Waals surface area (Å²) in [7, 11) is -3.64. The monoisotopic (exact) mass is 359 g/mol. The fraction of sp³-hybridized carbons (Fsp3) is 0.375. The molecule has 0 amide bonds. The molecule has 0 aliphatic heterocycles. The van der Waals surface area contributed by atoms with Crippen LogP contribution in [0.4, 0.5) is 0 Å². The van der Waals surface area contributed by atoms with Crippen LogP contribution in [0.2, 0.25) is 0 Å². The molecule has 0 saturated heterocycles. The van der Waals surface area contributed by atoms with E-state index in [4.69, 9.17) is 5.11 Å². The highest BCUT2D eigenvalue weighted by Crippen LogP contribution is 2.31. The average Bonchev–Trinajstić information content (AvgIpc) is 2.61. The highest BCUT2D eigenvalue weighted by Gasteiger charge is 2.22. The van der Waals surface area contributed by atoms with Crippen molar-refractivity contribution >= 4 is 55.0 Å². The lowest BCUT2D eigenvalue weighted by Gasteiger charge is -2.03. The first-order chi connectivity index (χ1) is 7.88. The van der Waals surface area contributed by atoms with E-state index in [1.54, 1.807) is 0 Å². The van der Waals surface area contributed by atoms with Gasteiger partial charge < -0.3 is 5.11 Å². The van der Waals surface area contributed by atoms with Crippen LogP contribution in [0.15, 0.2) is 14.7 Å². The van der Waals surface area contributed by atoms with Crippen molar-refractivity contribution in [2.45, 2.75) is 4.90 Å². The van der Waals surface area contributed by atoms with E-state index in [1.165, 1.54) is 11.8 Å². The number of carboxylic acids is 1. The maximum atomic E-state index is 11.8. The van der Waals surface area contributed by atoms with E-state index in [2.05, 4.69) is 20.7 Å². The van der Waals surface area contributed by atoms with Gasteiger partial charge in [0.2, 0.25) is 10.0 Å². The number of aromatic carboxylic acids is 1. The van der Waals surface area contributed by atoms with E-state index >= 15 is 0 Å². The van der Waals surface area contributed by atoms with Crippen molar-refractivity contribution in [2.75, 3.05) is 18.6 Å². The zero-order chi connectivity index (χ0) is 13.1. The van der Waals surface area contributed by atoms with Crippen molar-refractivity contribution in [3.63, 3.8) is 0 Å². The largest absolute Gasteiger partial charge is 0.477 e. The molecule has 0 spiro atoms. The second-order valence-electron chi connectivity index (χ2n) is 2.94. The third-order valence-corrected chi connectivity index (χ3v) is 6.07. The quantitative estimate of drug-likeness (QED) is 0.757. The summed E-state index contributed by atoms with van der Waals surface area (Å²) in [6, 6.07) is 1.15. The lowest BCUT2D eigenvalue weighted by Crippen LogP contribution is -2.25. The maximum absolute atomic E-state index is 11.8. The number of sulfonamides is 1. The Hall–Kier alpha value is -0.0900. The zero-order valence-electron chi connectivity index (χ0n) is 8.77. The van der Waals surface area contributed by atoms with Crippen molar-refractivity contribution in [3.8, 4) is 0 Å². The number of thioether (sulfide) groups is 1. The van der Waals surface area contributed by atoms with Crippen LogP contribution in [0.1, 0.15) is 9.67 Å². The predicted octanol–water partition coefficient (Wildman–Crippen LogP) is 1.85. The summed E-state index contributed by atoms with van der Waals surface area (Å²) in [6.45, 7) is 0.314. The Balaban J connectivity index is 2.95. The first-order valence-electron chi connectivity index (χ1n) is 4.39. The van der Waals surface area contributed by atoms with Gasteiger partial charge in [-0.3, -0.25) is 0 Å². The molecule has 0 aliphatic rings. The molecule has 96 valence electrons. The smallest absolute Gasteiger partial charge is 0.345 e. The van der Waals surface area contributed by atoms with Gasteiger partial charge in [-0.1, -0.05) is 0 Å². The molecule has 1 heterocycles. The van der Waals surface area contributed by atoms with Crippen LogP contribution in [0.3, 0.4) is 0 Å². The van der Waals surface area contributed by atoms with Crippen LogP contribution < -0.4 is 4.72 Å². The van der Waals surface area contributed by atoms with Gasteiger partial charge in [-0.15, -0.1) is 11.3 Å². The minimum absolute atomic E-state index is 0.0119. The Morgan fingerprint density at radius 2 is 2.29 bits per heavy atom. The molecule has 2 N–H and O–H groups in total. The molecule has 5 nitrogen and oxygen atoms in total. The number of carbonyl (C=O) groups is 1. The summed E-state index contributed by atoms with van der Waals surface area (Å²) in [5.74, 6) is -0.478. The van der Waals surface area contributed by atoms with E-state index in [0.29, 0.717) is 16.1 Å². The SMILES string of the molecule is CSCCNS(=O)(=O)c1cc(C(=O)O)sc1Br. The van der Waals surface area contributed by atoms with Gasteiger partial charge in [0.25, 0.3) is 0 Å². The normalized spacial score (nSPS) is 11.6. The summed E-state index contributed by atoms with van der Waals surface area (Å²) in [5.41, 5.74) is 0. The molecule has 0 aromatic carbocycles. The first-order valence-corrected chi connectivity index (χ1v) is 8.88.